The molecule has 0 fully saturated rings. The van der Waals surface area contributed by atoms with Gasteiger partial charge in [-0.15, -0.1) is 0 Å². The van der Waals surface area contributed by atoms with E-state index in [1.165, 1.54) is 11.3 Å². The second-order valence-corrected chi connectivity index (χ2v) is 5.04. The Labute approximate surface area is 118 Å². The smallest absolute Gasteiger partial charge is 0.306 e. The molecule has 1 atom stereocenters. The van der Waals surface area contributed by atoms with E-state index >= 15 is 0 Å². The molecule has 0 radical (unpaired) electrons. The van der Waals surface area contributed by atoms with Crippen LogP contribution in [0.2, 0.25) is 0 Å². The minimum absolute atomic E-state index is 0.113. The first-order valence-electron chi connectivity index (χ1n) is 7.07. The van der Waals surface area contributed by atoms with Crippen molar-refractivity contribution in [3.8, 4) is 5.69 Å². The summed E-state index contributed by atoms with van der Waals surface area (Å²) in [6.45, 7) is 2.28. The lowest BCUT2D eigenvalue weighted by atomic mass is 10.0. The molecule has 4 nitrogen and oxygen atoms in total. The maximum absolute atomic E-state index is 11.6. The van der Waals surface area contributed by atoms with Gasteiger partial charge in [-0.3, -0.25) is 4.79 Å². The van der Waals surface area contributed by atoms with E-state index in [9.17, 15) is 4.79 Å². The minimum Gasteiger partial charge on any atom is -0.466 e. The summed E-state index contributed by atoms with van der Waals surface area (Å²) < 4.78 is 7.03. The SMILES string of the molecule is CCOC(=O)CC1CCc2c1cnn2-c1ccccc1. The van der Waals surface area contributed by atoms with Gasteiger partial charge >= 0.3 is 5.97 Å². The molecule has 1 aliphatic carbocycles. The highest BCUT2D eigenvalue weighted by atomic mass is 16.5. The van der Waals surface area contributed by atoms with E-state index in [4.69, 9.17) is 4.74 Å². The Morgan fingerprint density at radius 1 is 1.40 bits per heavy atom. The average Bonchev–Trinajstić information content (AvgIpc) is 3.03. The van der Waals surface area contributed by atoms with Gasteiger partial charge in [-0.1, -0.05) is 18.2 Å². The summed E-state index contributed by atoms with van der Waals surface area (Å²) in [7, 11) is 0. The highest BCUT2D eigenvalue weighted by molar-refractivity contribution is 5.70. The van der Waals surface area contributed by atoms with E-state index in [1.807, 2.05) is 48.1 Å². The Hall–Kier alpha value is -2.10. The maximum Gasteiger partial charge on any atom is 0.306 e. The first-order chi connectivity index (χ1) is 9.79. The third-order valence-electron chi connectivity index (χ3n) is 3.79. The monoisotopic (exact) mass is 270 g/mol. The first-order valence-corrected chi connectivity index (χ1v) is 7.07. The zero-order chi connectivity index (χ0) is 13.9. The number of fused-ring (bicyclic) bond motifs is 1. The predicted molar refractivity (Wildman–Crippen MR) is 75.9 cm³/mol. The standard InChI is InChI=1S/C16H18N2O2/c1-2-20-16(19)10-12-8-9-15-14(12)11-17-18(15)13-6-4-3-5-7-13/h3-7,11-12H,2,8-10H2,1H3. The summed E-state index contributed by atoms with van der Waals surface area (Å²) >= 11 is 0. The number of benzene rings is 1. The second kappa shape index (κ2) is 5.49. The average molecular weight is 270 g/mol. The van der Waals surface area contributed by atoms with Crippen LogP contribution in [0.25, 0.3) is 5.69 Å². The molecular formula is C16H18N2O2. The Balaban J connectivity index is 1.83. The third-order valence-corrected chi connectivity index (χ3v) is 3.79. The van der Waals surface area contributed by atoms with Crippen LogP contribution in [0, 0.1) is 0 Å². The number of aromatic nitrogens is 2. The second-order valence-electron chi connectivity index (χ2n) is 5.04. The molecule has 0 saturated heterocycles. The van der Waals surface area contributed by atoms with Gasteiger partial charge in [0, 0.05) is 5.69 Å². The Morgan fingerprint density at radius 2 is 2.20 bits per heavy atom. The van der Waals surface area contributed by atoms with Gasteiger partial charge in [0.2, 0.25) is 0 Å². The van der Waals surface area contributed by atoms with Crippen molar-refractivity contribution < 1.29 is 9.53 Å². The van der Waals surface area contributed by atoms with Gasteiger partial charge in [0.1, 0.15) is 0 Å². The lowest BCUT2D eigenvalue weighted by Gasteiger charge is -2.07. The highest BCUT2D eigenvalue weighted by Gasteiger charge is 2.29. The van der Waals surface area contributed by atoms with Crippen molar-refractivity contribution in [2.75, 3.05) is 6.61 Å². The van der Waals surface area contributed by atoms with Gasteiger partial charge in [-0.05, 0) is 43.4 Å². The van der Waals surface area contributed by atoms with E-state index in [2.05, 4.69) is 5.10 Å². The fraction of sp³-hybridized carbons (Fsp3) is 0.375. The quantitative estimate of drug-likeness (QED) is 0.802. The maximum atomic E-state index is 11.6. The summed E-state index contributed by atoms with van der Waals surface area (Å²) in [4.78, 5) is 11.6. The zero-order valence-corrected chi connectivity index (χ0v) is 11.6. The van der Waals surface area contributed by atoms with Gasteiger partial charge in [0.15, 0.2) is 0 Å². The number of esters is 1. The van der Waals surface area contributed by atoms with E-state index in [0.29, 0.717) is 13.0 Å². The summed E-state index contributed by atoms with van der Waals surface area (Å²) in [5.41, 5.74) is 3.50. The van der Waals surface area contributed by atoms with Crippen molar-refractivity contribution in [2.45, 2.75) is 32.1 Å². The Kier molecular flexibility index (Phi) is 3.54. The fourth-order valence-electron chi connectivity index (χ4n) is 2.87. The molecule has 20 heavy (non-hydrogen) atoms. The largest absolute Gasteiger partial charge is 0.466 e. The van der Waals surface area contributed by atoms with E-state index < -0.39 is 0 Å². The van der Waals surface area contributed by atoms with Crippen LogP contribution in [0.5, 0.6) is 0 Å². The molecule has 104 valence electrons. The summed E-state index contributed by atoms with van der Waals surface area (Å²) in [6, 6.07) is 10.1. The van der Waals surface area contributed by atoms with E-state index in [1.54, 1.807) is 0 Å². The molecule has 2 aromatic rings. The van der Waals surface area contributed by atoms with Gasteiger partial charge in [-0.25, -0.2) is 4.68 Å². The van der Waals surface area contributed by atoms with Crippen LogP contribution in [-0.2, 0) is 16.0 Å². The van der Waals surface area contributed by atoms with Gasteiger partial charge in [-0.2, -0.15) is 5.10 Å². The number of para-hydroxylation sites is 1. The molecule has 0 saturated carbocycles. The number of nitrogens with zero attached hydrogens (tertiary/aromatic N) is 2. The highest BCUT2D eigenvalue weighted by Crippen LogP contribution is 2.36. The van der Waals surface area contributed by atoms with Crippen LogP contribution in [0.4, 0.5) is 0 Å². The zero-order valence-electron chi connectivity index (χ0n) is 11.6. The summed E-state index contributed by atoms with van der Waals surface area (Å²) in [5.74, 6) is 0.138. The number of carbonyl (C=O) groups is 1. The van der Waals surface area contributed by atoms with Crippen LogP contribution >= 0.6 is 0 Å². The molecule has 0 bridgehead atoms. The lowest BCUT2D eigenvalue weighted by Crippen LogP contribution is -2.08. The topological polar surface area (TPSA) is 44.1 Å². The van der Waals surface area contributed by atoms with Crippen molar-refractivity contribution in [1.82, 2.24) is 9.78 Å². The first kappa shape index (κ1) is 12.9. The normalized spacial score (nSPS) is 16.9. The number of carbonyl (C=O) groups excluding carboxylic acids is 1. The number of rotatable bonds is 4. The number of hydrogen-bond acceptors (Lipinski definition) is 3. The lowest BCUT2D eigenvalue weighted by molar-refractivity contribution is -0.143. The minimum atomic E-state index is -0.113. The molecular weight excluding hydrogens is 252 g/mol. The molecule has 0 aliphatic heterocycles. The van der Waals surface area contributed by atoms with Crippen molar-refractivity contribution in [1.29, 1.82) is 0 Å². The Morgan fingerprint density at radius 3 is 2.95 bits per heavy atom. The van der Waals surface area contributed by atoms with E-state index in [0.717, 1.165) is 18.5 Å². The molecule has 0 N–H and O–H groups in total. The summed E-state index contributed by atoms with van der Waals surface area (Å²) in [6.07, 6.45) is 4.33. The Bertz CT molecular complexity index is 604. The molecule has 1 aromatic carbocycles. The van der Waals surface area contributed by atoms with Gasteiger partial charge in [0.25, 0.3) is 0 Å². The molecule has 1 heterocycles. The van der Waals surface area contributed by atoms with Gasteiger partial charge < -0.3 is 4.74 Å². The van der Waals surface area contributed by atoms with Crippen LogP contribution in [0.15, 0.2) is 36.5 Å². The van der Waals surface area contributed by atoms with Gasteiger partial charge in [0.05, 0.1) is 24.9 Å². The van der Waals surface area contributed by atoms with Crippen molar-refractivity contribution in [2.24, 2.45) is 0 Å². The van der Waals surface area contributed by atoms with Crippen molar-refractivity contribution in [3.63, 3.8) is 0 Å². The van der Waals surface area contributed by atoms with E-state index in [-0.39, 0.29) is 11.9 Å². The fourth-order valence-corrected chi connectivity index (χ4v) is 2.87. The molecule has 0 spiro atoms. The molecule has 1 aromatic heterocycles. The number of hydrogen-bond donors (Lipinski definition) is 0. The third kappa shape index (κ3) is 2.33. The molecule has 1 unspecified atom stereocenters. The van der Waals surface area contributed by atoms with Crippen LogP contribution < -0.4 is 0 Å². The predicted octanol–water partition coefficient (Wildman–Crippen LogP) is 2.86. The summed E-state index contributed by atoms with van der Waals surface area (Å²) in [5, 5.41) is 4.48. The number of ether oxygens (including phenoxy) is 1. The molecule has 4 heteroatoms. The molecule has 0 amide bonds. The van der Waals surface area contributed by atoms with Crippen LogP contribution in [0.1, 0.15) is 36.9 Å². The van der Waals surface area contributed by atoms with Crippen molar-refractivity contribution >= 4 is 5.97 Å². The van der Waals surface area contributed by atoms with Crippen LogP contribution in [0.3, 0.4) is 0 Å². The molecule has 3 rings (SSSR count). The molecule has 1 aliphatic rings. The van der Waals surface area contributed by atoms with Crippen LogP contribution in [-0.4, -0.2) is 22.4 Å². The van der Waals surface area contributed by atoms with Crippen molar-refractivity contribution in [3.05, 3.63) is 47.8 Å².